The number of fused-ring (bicyclic) bond motifs is 5. The summed E-state index contributed by atoms with van der Waals surface area (Å²) in [6, 6.07) is 0. The summed E-state index contributed by atoms with van der Waals surface area (Å²) in [5.41, 5.74) is -0.120. The Kier molecular flexibility index (Phi) is 4.88. The van der Waals surface area contributed by atoms with Crippen molar-refractivity contribution >= 4 is 5.97 Å². The molecule has 2 heterocycles. The van der Waals surface area contributed by atoms with Gasteiger partial charge in [-0.1, -0.05) is 25.5 Å². The molecule has 0 spiro atoms. The van der Waals surface area contributed by atoms with E-state index in [2.05, 4.69) is 6.92 Å². The van der Waals surface area contributed by atoms with Crippen molar-refractivity contribution in [1.29, 1.82) is 0 Å². The second-order valence-electron chi connectivity index (χ2n) is 8.79. The Balaban J connectivity index is 1.66. The van der Waals surface area contributed by atoms with E-state index in [0.717, 1.165) is 12.0 Å². The molecule has 0 aromatic rings. The Morgan fingerprint density at radius 1 is 1.30 bits per heavy atom. The lowest BCUT2D eigenvalue weighted by atomic mass is 9.56. The Morgan fingerprint density at radius 3 is 2.78 bits per heavy atom. The second-order valence-corrected chi connectivity index (χ2v) is 8.79. The van der Waals surface area contributed by atoms with Crippen LogP contribution in [0, 0.1) is 22.7 Å². The van der Waals surface area contributed by atoms with Crippen molar-refractivity contribution in [2.24, 2.45) is 22.7 Å². The molecule has 27 heavy (non-hydrogen) atoms. The van der Waals surface area contributed by atoms with E-state index in [1.54, 1.807) is 6.92 Å². The van der Waals surface area contributed by atoms with Crippen LogP contribution in [0.1, 0.15) is 39.5 Å². The Hall–Kier alpha value is -0.990. The number of rotatable bonds is 3. The van der Waals surface area contributed by atoms with Gasteiger partial charge in [-0.25, -0.2) is 0 Å². The van der Waals surface area contributed by atoms with E-state index < -0.39 is 29.3 Å². The molecule has 4 unspecified atom stereocenters. The number of aliphatic hydroxyl groups excluding tert-OH is 3. The van der Waals surface area contributed by atoms with Gasteiger partial charge in [0, 0.05) is 24.2 Å². The SMILES string of the molecule is CCC(=O)O[C@H]1CCC2C3C(O)C=C4C[C@@H](O)OC[C@]4(C)C3OC[C@@]21CO. The summed E-state index contributed by atoms with van der Waals surface area (Å²) in [6.45, 7) is 4.29. The van der Waals surface area contributed by atoms with Crippen molar-refractivity contribution in [1.82, 2.24) is 0 Å². The highest BCUT2D eigenvalue weighted by Crippen LogP contribution is 2.59. The maximum Gasteiger partial charge on any atom is 0.305 e. The molecule has 3 fully saturated rings. The highest BCUT2D eigenvalue weighted by Gasteiger charge is 2.64. The maximum atomic E-state index is 11.9. The van der Waals surface area contributed by atoms with Crippen LogP contribution in [-0.2, 0) is 19.0 Å². The van der Waals surface area contributed by atoms with Crippen LogP contribution in [0.3, 0.4) is 0 Å². The normalized spacial score (nSPS) is 48.9. The summed E-state index contributed by atoms with van der Waals surface area (Å²) >= 11 is 0. The van der Waals surface area contributed by atoms with Gasteiger partial charge in [0.1, 0.15) is 6.10 Å². The highest BCUT2D eigenvalue weighted by molar-refractivity contribution is 5.69. The first-order valence-corrected chi connectivity index (χ1v) is 9.96. The first-order valence-electron chi connectivity index (χ1n) is 9.96. The minimum atomic E-state index is -0.850. The standard InChI is InChI=1S/C20H30O7/c1-3-15(23)27-14-5-4-12-17-13(22)6-11-7-16(24)25-9-19(11,2)18(17)26-10-20(12,14)8-21/h6,12-14,16-18,21-22,24H,3-5,7-10H2,1-2H3/t12?,13?,14-,16-,17?,18?,19-,20-/m0/s1. The number of carbonyl (C=O) groups excluding carboxylic acids is 1. The molecule has 7 heteroatoms. The van der Waals surface area contributed by atoms with Crippen LogP contribution in [0.2, 0.25) is 0 Å². The van der Waals surface area contributed by atoms with Crippen LogP contribution < -0.4 is 0 Å². The molecular weight excluding hydrogens is 352 g/mol. The molecular formula is C20H30O7. The zero-order valence-electron chi connectivity index (χ0n) is 16.0. The molecule has 2 aliphatic carbocycles. The van der Waals surface area contributed by atoms with E-state index in [9.17, 15) is 20.1 Å². The molecule has 3 N–H and O–H groups in total. The topological polar surface area (TPSA) is 105 Å². The average Bonchev–Trinajstić information content (AvgIpc) is 3.02. The fourth-order valence-corrected chi connectivity index (χ4v) is 5.88. The minimum Gasteiger partial charge on any atom is -0.462 e. The lowest BCUT2D eigenvalue weighted by molar-refractivity contribution is -0.244. The van der Waals surface area contributed by atoms with E-state index in [-0.39, 0.29) is 37.1 Å². The fraction of sp³-hybridized carbons (Fsp3) is 0.850. The Morgan fingerprint density at radius 2 is 2.07 bits per heavy atom. The van der Waals surface area contributed by atoms with Gasteiger partial charge in [-0.15, -0.1) is 0 Å². The van der Waals surface area contributed by atoms with Crippen molar-refractivity contribution in [3.05, 3.63) is 11.6 Å². The molecule has 0 aromatic heterocycles. The number of ether oxygens (including phenoxy) is 3. The zero-order valence-corrected chi connectivity index (χ0v) is 16.0. The summed E-state index contributed by atoms with van der Waals surface area (Å²) in [6.07, 6.45) is 1.72. The highest BCUT2D eigenvalue weighted by atomic mass is 16.6. The van der Waals surface area contributed by atoms with Gasteiger partial charge >= 0.3 is 5.97 Å². The predicted molar refractivity (Wildman–Crippen MR) is 94.4 cm³/mol. The zero-order chi connectivity index (χ0) is 19.4. The Bertz CT molecular complexity index is 634. The van der Waals surface area contributed by atoms with Crippen LogP contribution in [0.4, 0.5) is 0 Å². The van der Waals surface area contributed by atoms with E-state index in [1.807, 2.05) is 6.08 Å². The molecule has 0 bridgehead atoms. The molecule has 2 aliphatic heterocycles. The number of esters is 1. The van der Waals surface area contributed by atoms with Gasteiger partial charge in [0.2, 0.25) is 0 Å². The molecule has 4 rings (SSSR count). The van der Waals surface area contributed by atoms with Crippen molar-refractivity contribution < 1.29 is 34.3 Å². The van der Waals surface area contributed by atoms with Crippen LogP contribution in [-0.4, -0.2) is 65.7 Å². The lowest BCUT2D eigenvalue weighted by Gasteiger charge is -2.58. The van der Waals surface area contributed by atoms with E-state index >= 15 is 0 Å². The van der Waals surface area contributed by atoms with Crippen LogP contribution in [0.15, 0.2) is 11.6 Å². The van der Waals surface area contributed by atoms with Gasteiger partial charge in [0.15, 0.2) is 6.29 Å². The third-order valence-corrected chi connectivity index (χ3v) is 7.42. The monoisotopic (exact) mass is 382 g/mol. The van der Waals surface area contributed by atoms with Gasteiger partial charge in [-0.05, 0) is 18.8 Å². The lowest BCUT2D eigenvalue weighted by Crippen LogP contribution is -2.63. The number of aliphatic hydroxyl groups is 3. The van der Waals surface area contributed by atoms with E-state index in [1.165, 1.54) is 0 Å². The predicted octanol–water partition coefficient (Wildman–Crippen LogP) is 0.758. The van der Waals surface area contributed by atoms with Gasteiger partial charge in [0.25, 0.3) is 0 Å². The first-order chi connectivity index (χ1) is 12.9. The van der Waals surface area contributed by atoms with Crippen molar-refractivity contribution in [2.75, 3.05) is 19.8 Å². The van der Waals surface area contributed by atoms with Crippen molar-refractivity contribution in [3.63, 3.8) is 0 Å². The third kappa shape index (κ3) is 2.78. The Labute approximate surface area is 159 Å². The number of carbonyl (C=O) groups is 1. The van der Waals surface area contributed by atoms with Gasteiger partial charge < -0.3 is 29.5 Å². The molecule has 2 saturated heterocycles. The van der Waals surface area contributed by atoms with E-state index in [4.69, 9.17) is 14.2 Å². The first kappa shape index (κ1) is 19.3. The molecule has 152 valence electrons. The quantitative estimate of drug-likeness (QED) is 0.489. The second kappa shape index (κ2) is 6.81. The maximum absolute atomic E-state index is 11.9. The average molecular weight is 382 g/mol. The third-order valence-electron chi connectivity index (χ3n) is 7.42. The van der Waals surface area contributed by atoms with Crippen molar-refractivity contribution in [3.8, 4) is 0 Å². The molecule has 8 atom stereocenters. The summed E-state index contributed by atoms with van der Waals surface area (Å²) < 4.78 is 17.5. The summed E-state index contributed by atoms with van der Waals surface area (Å²) in [4.78, 5) is 11.9. The van der Waals surface area contributed by atoms with Gasteiger partial charge in [-0.2, -0.15) is 0 Å². The molecule has 1 saturated carbocycles. The largest absolute Gasteiger partial charge is 0.462 e. The summed E-state index contributed by atoms with van der Waals surface area (Å²) in [5.74, 6) is -0.486. The fourth-order valence-electron chi connectivity index (χ4n) is 5.88. The minimum absolute atomic E-state index is 0.00705. The summed E-state index contributed by atoms with van der Waals surface area (Å²) in [7, 11) is 0. The molecule has 0 amide bonds. The molecule has 0 radical (unpaired) electrons. The van der Waals surface area contributed by atoms with E-state index in [0.29, 0.717) is 25.9 Å². The molecule has 0 aromatic carbocycles. The van der Waals surface area contributed by atoms with Crippen LogP contribution >= 0.6 is 0 Å². The smallest absolute Gasteiger partial charge is 0.305 e. The summed E-state index contributed by atoms with van der Waals surface area (Å²) in [5, 5.41) is 31.1. The van der Waals surface area contributed by atoms with Gasteiger partial charge in [0.05, 0.1) is 37.4 Å². The van der Waals surface area contributed by atoms with Crippen LogP contribution in [0.25, 0.3) is 0 Å². The molecule has 4 aliphatic rings. The number of hydrogen-bond acceptors (Lipinski definition) is 7. The van der Waals surface area contributed by atoms with Crippen LogP contribution in [0.5, 0.6) is 0 Å². The van der Waals surface area contributed by atoms with Crippen molar-refractivity contribution in [2.45, 2.75) is 64.1 Å². The molecule has 7 nitrogen and oxygen atoms in total. The number of hydrogen-bond donors (Lipinski definition) is 3. The van der Waals surface area contributed by atoms with Gasteiger partial charge in [-0.3, -0.25) is 4.79 Å².